The molecule has 2 aliphatic rings. The molecule has 1 fully saturated rings. The number of carboxylic acids is 1. The normalized spacial score (nSPS) is 16.5. The molecule has 2 aromatic carbocycles. The van der Waals surface area contributed by atoms with Crippen molar-refractivity contribution in [2.75, 3.05) is 31.2 Å². The fourth-order valence-electron chi connectivity index (χ4n) is 4.39. The van der Waals surface area contributed by atoms with E-state index >= 15 is 0 Å². The smallest absolute Gasteiger partial charge is 0.407 e. The molecule has 0 spiro atoms. The SMILES string of the molecule is O=C(O)CCC(NC(=O)OCC1c2ccccc2-c2ccccc21)C(=O)N1CCS(=O)CC1. The summed E-state index contributed by atoms with van der Waals surface area (Å²) in [5.74, 6) is -0.790. The predicted molar refractivity (Wildman–Crippen MR) is 123 cm³/mol. The first kappa shape index (κ1) is 23.0. The summed E-state index contributed by atoms with van der Waals surface area (Å²) in [4.78, 5) is 38.1. The van der Waals surface area contributed by atoms with Crippen LogP contribution in [0, 0.1) is 0 Å². The number of carbonyl (C=O) groups is 3. The van der Waals surface area contributed by atoms with Gasteiger partial charge in [0.2, 0.25) is 5.91 Å². The molecule has 2 N–H and O–H groups in total. The number of nitrogens with one attached hydrogen (secondary N) is 1. The highest BCUT2D eigenvalue weighted by Crippen LogP contribution is 2.44. The predicted octanol–water partition coefficient (Wildman–Crippen LogP) is 2.35. The number of amides is 2. The van der Waals surface area contributed by atoms with Gasteiger partial charge in [-0.2, -0.15) is 0 Å². The fourth-order valence-corrected chi connectivity index (χ4v) is 5.44. The number of ether oxygens (including phenoxy) is 1. The summed E-state index contributed by atoms with van der Waals surface area (Å²) < 4.78 is 17.1. The van der Waals surface area contributed by atoms with Gasteiger partial charge in [0.1, 0.15) is 12.6 Å². The number of hydrogen-bond donors (Lipinski definition) is 2. The second-order valence-electron chi connectivity index (χ2n) is 8.13. The van der Waals surface area contributed by atoms with Crippen LogP contribution in [-0.4, -0.2) is 69.4 Å². The minimum absolute atomic E-state index is 0.0437. The fraction of sp³-hybridized carbons (Fsp3) is 0.375. The topological polar surface area (TPSA) is 113 Å². The van der Waals surface area contributed by atoms with E-state index in [-0.39, 0.29) is 31.3 Å². The summed E-state index contributed by atoms with van der Waals surface area (Å²) in [6.07, 6.45) is -1.07. The lowest BCUT2D eigenvalue weighted by Crippen LogP contribution is -2.52. The van der Waals surface area contributed by atoms with Crippen molar-refractivity contribution in [3.8, 4) is 11.1 Å². The number of benzene rings is 2. The molecular weight excluding hydrogens is 444 g/mol. The van der Waals surface area contributed by atoms with Crippen LogP contribution in [0.15, 0.2) is 48.5 Å². The molecule has 1 atom stereocenters. The second-order valence-corrected chi connectivity index (χ2v) is 9.82. The molecule has 0 bridgehead atoms. The van der Waals surface area contributed by atoms with Crippen LogP contribution < -0.4 is 5.32 Å². The Balaban J connectivity index is 1.42. The first-order valence-corrected chi connectivity index (χ1v) is 12.4. The highest BCUT2D eigenvalue weighted by atomic mass is 32.2. The molecule has 4 rings (SSSR count). The average Bonchev–Trinajstić information content (AvgIpc) is 3.14. The van der Waals surface area contributed by atoms with Gasteiger partial charge < -0.3 is 20.1 Å². The molecule has 0 radical (unpaired) electrons. The third-order valence-corrected chi connectivity index (χ3v) is 7.35. The zero-order valence-corrected chi connectivity index (χ0v) is 18.9. The first-order chi connectivity index (χ1) is 15.9. The Hall–Kier alpha value is -3.20. The zero-order valence-electron chi connectivity index (χ0n) is 18.1. The van der Waals surface area contributed by atoms with Gasteiger partial charge in [0.05, 0.1) is 0 Å². The van der Waals surface area contributed by atoms with Crippen LogP contribution in [0.4, 0.5) is 4.79 Å². The third kappa shape index (κ3) is 5.24. The molecule has 1 aliphatic heterocycles. The van der Waals surface area contributed by atoms with E-state index in [9.17, 15) is 18.6 Å². The number of alkyl carbamates (subject to hydrolysis) is 1. The number of rotatable bonds is 7. The van der Waals surface area contributed by atoms with Gasteiger partial charge in [0, 0.05) is 47.7 Å². The highest BCUT2D eigenvalue weighted by Gasteiger charge is 2.31. The van der Waals surface area contributed by atoms with Gasteiger partial charge in [-0.3, -0.25) is 13.8 Å². The Labute approximate surface area is 194 Å². The summed E-state index contributed by atoms with van der Waals surface area (Å²) in [6, 6.07) is 14.9. The first-order valence-electron chi connectivity index (χ1n) is 10.9. The number of nitrogens with zero attached hydrogens (tertiary/aromatic N) is 1. The number of carboxylic acid groups (broad SMARTS) is 1. The number of hydrogen-bond acceptors (Lipinski definition) is 5. The maximum absolute atomic E-state index is 12.9. The molecular formula is C24H26N2O6S. The standard InChI is InChI=1S/C24H26N2O6S/c27-22(28)10-9-21(23(29)26-11-13-33(31)14-12-26)25-24(30)32-15-20-18-7-3-1-5-16(18)17-6-2-4-8-19(17)20/h1-8,20-21H,9-15H2,(H,25,30)(H,27,28). The molecule has 2 amide bonds. The van der Waals surface area contributed by atoms with Crippen LogP contribution in [-0.2, 0) is 25.1 Å². The zero-order chi connectivity index (χ0) is 23.4. The molecule has 33 heavy (non-hydrogen) atoms. The Morgan fingerprint density at radius 1 is 1.03 bits per heavy atom. The lowest BCUT2D eigenvalue weighted by Gasteiger charge is -2.30. The minimum Gasteiger partial charge on any atom is -0.481 e. The van der Waals surface area contributed by atoms with E-state index < -0.39 is 28.9 Å². The van der Waals surface area contributed by atoms with E-state index in [1.807, 2.05) is 48.5 Å². The maximum Gasteiger partial charge on any atom is 0.407 e. The second kappa shape index (κ2) is 10.2. The van der Waals surface area contributed by atoms with Crippen molar-refractivity contribution < 1.29 is 28.4 Å². The van der Waals surface area contributed by atoms with Crippen LogP contribution in [0.1, 0.15) is 29.9 Å². The molecule has 1 heterocycles. The number of fused-ring (bicyclic) bond motifs is 3. The van der Waals surface area contributed by atoms with E-state index in [1.54, 1.807) is 0 Å². The van der Waals surface area contributed by atoms with Gasteiger partial charge in [-0.15, -0.1) is 0 Å². The van der Waals surface area contributed by atoms with Crippen molar-refractivity contribution in [3.63, 3.8) is 0 Å². The van der Waals surface area contributed by atoms with Gasteiger partial charge in [-0.1, -0.05) is 48.5 Å². The van der Waals surface area contributed by atoms with Crippen molar-refractivity contribution in [1.82, 2.24) is 10.2 Å². The minimum atomic E-state index is -1.05. The van der Waals surface area contributed by atoms with E-state index in [2.05, 4.69) is 5.32 Å². The average molecular weight is 471 g/mol. The monoisotopic (exact) mass is 470 g/mol. The quantitative estimate of drug-likeness (QED) is 0.642. The number of carbonyl (C=O) groups excluding carboxylic acids is 2. The number of aliphatic carboxylic acids is 1. The Bertz CT molecular complexity index is 1030. The molecule has 1 aliphatic carbocycles. The molecule has 0 aromatic heterocycles. The highest BCUT2D eigenvalue weighted by molar-refractivity contribution is 7.85. The molecule has 9 heteroatoms. The van der Waals surface area contributed by atoms with Gasteiger partial charge in [0.15, 0.2) is 0 Å². The van der Waals surface area contributed by atoms with Gasteiger partial charge in [-0.25, -0.2) is 4.79 Å². The molecule has 8 nitrogen and oxygen atoms in total. The van der Waals surface area contributed by atoms with Gasteiger partial charge >= 0.3 is 12.1 Å². The Morgan fingerprint density at radius 2 is 1.61 bits per heavy atom. The lowest BCUT2D eigenvalue weighted by molar-refractivity contribution is -0.138. The summed E-state index contributed by atoms with van der Waals surface area (Å²) >= 11 is 0. The third-order valence-electron chi connectivity index (χ3n) is 6.07. The maximum atomic E-state index is 12.9. The Kier molecular flexibility index (Phi) is 7.08. The van der Waals surface area contributed by atoms with E-state index in [0.29, 0.717) is 24.6 Å². The summed E-state index contributed by atoms with van der Waals surface area (Å²) in [5.41, 5.74) is 4.37. The van der Waals surface area contributed by atoms with Crippen LogP contribution in [0.3, 0.4) is 0 Å². The van der Waals surface area contributed by atoms with E-state index in [4.69, 9.17) is 9.84 Å². The van der Waals surface area contributed by atoms with Crippen molar-refractivity contribution in [1.29, 1.82) is 0 Å². The van der Waals surface area contributed by atoms with Gasteiger partial charge in [-0.05, 0) is 28.7 Å². The summed E-state index contributed by atoms with van der Waals surface area (Å²) in [6.45, 7) is 0.741. The van der Waals surface area contributed by atoms with Crippen molar-refractivity contribution in [3.05, 3.63) is 59.7 Å². The van der Waals surface area contributed by atoms with Crippen LogP contribution >= 0.6 is 0 Å². The summed E-state index contributed by atoms with van der Waals surface area (Å²) in [7, 11) is -0.953. The summed E-state index contributed by atoms with van der Waals surface area (Å²) in [5, 5.41) is 11.6. The van der Waals surface area contributed by atoms with Crippen LogP contribution in [0.25, 0.3) is 11.1 Å². The molecule has 2 aromatic rings. The van der Waals surface area contributed by atoms with Gasteiger partial charge in [0.25, 0.3) is 0 Å². The van der Waals surface area contributed by atoms with Crippen molar-refractivity contribution in [2.24, 2.45) is 0 Å². The van der Waals surface area contributed by atoms with E-state index in [1.165, 1.54) is 4.90 Å². The molecule has 0 saturated carbocycles. The molecule has 1 unspecified atom stereocenters. The van der Waals surface area contributed by atoms with Crippen LogP contribution in [0.5, 0.6) is 0 Å². The van der Waals surface area contributed by atoms with Crippen molar-refractivity contribution in [2.45, 2.75) is 24.8 Å². The van der Waals surface area contributed by atoms with E-state index in [0.717, 1.165) is 22.3 Å². The van der Waals surface area contributed by atoms with Crippen LogP contribution in [0.2, 0.25) is 0 Å². The lowest BCUT2D eigenvalue weighted by atomic mass is 9.98. The molecule has 1 saturated heterocycles. The largest absolute Gasteiger partial charge is 0.481 e. The Morgan fingerprint density at radius 3 is 2.18 bits per heavy atom. The molecule has 174 valence electrons. The van der Waals surface area contributed by atoms with Crippen molar-refractivity contribution >= 4 is 28.8 Å².